The first-order chi connectivity index (χ1) is 11.9. The van der Waals surface area contributed by atoms with Crippen molar-refractivity contribution in [2.24, 2.45) is 21.6 Å². The van der Waals surface area contributed by atoms with Crippen LogP contribution in [-0.2, 0) is 4.79 Å². The summed E-state index contributed by atoms with van der Waals surface area (Å²) in [6.07, 6.45) is 2.48. The number of aliphatic imine (C=N–C) groups is 1. The van der Waals surface area contributed by atoms with Gasteiger partial charge in [-0.1, -0.05) is 29.3 Å². The lowest BCUT2D eigenvalue weighted by atomic mass is 10.3. The highest BCUT2D eigenvalue weighted by Gasteiger charge is 2.14. The van der Waals surface area contributed by atoms with Gasteiger partial charge in [-0.05, 0) is 24.3 Å². The molecule has 0 saturated carbocycles. The summed E-state index contributed by atoms with van der Waals surface area (Å²) in [6, 6.07) is 8.01. The maximum absolute atomic E-state index is 11.6. The van der Waals surface area contributed by atoms with Crippen molar-refractivity contribution in [3.05, 3.63) is 52.3 Å². The predicted octanol–water partition coefficient (Wildman–Crippen LogP) is 2.33. The second kappa shape index (κ2) is 8.22. The van der Waals surface area contributed by atoms with Crippen molar-refractivity contribution < 1.29 is 4.79 Å². The van der Waals surface area contributed by atoms with Crippen LogP contribution >= 0.6 is 23.2 Å². The molecule has 0 aliphatic rings. The van der Waals surface area contributed by atoms with Crippen molar-refractivity contribution in [3.63, 3.8) is 0 Å². The van der Waals surface area contributed by atoms with Crippen LogP contribution < -0.4 is 16.9 Å². The highest BCUT2D eigenvalue weighted by molar-refractivity contribution is 6.66. The molecule has 128 valence electrons. The van der Waals surface area contributed by atoms with Crippen LogP contribution in [0.4, 0.5) is 11.4 Å². The zero-order chi connectivity index (χ0) is 18.4. The quantitative estimate of drug-likeness (QED) is 0.347. The monoisotopic (exact) mass is 377 g/mol. The van der Waals surface area contributed by atoms with Gasteiger partial charge in [0.05, 0.1) is 33.3 Å². The number of primary amides is 1. The van der Waals surface area contributed by atoms with Crippen molar-refractivity contribution in [1.82, 2.24) is 4.98 Å². The minimum absolute atomic E-state index is 0.215. The molecular formula is C15H13Cl2N7O. The number of halogens is 2. The van der Waals surface area contributed by atoms with Gasteiger partial charge in [0.25, 0.3) is 5.91 Å². The number of rotatable bonds is 6. The number of hydrogen-bond donors (Lipinski definition) is 4. The average molecular weight is 378 g/mol. The van der Waals surface area contributed by atoms with Crippen molar-refractivity contribution in [1.29, 1.82) is 5.41 Å². The number of aromatic nitrogens is 1. The van der Waals surface area contributed by atoms with Gasteiger partial charge >= 0.3 is 0 Å². The van der Waals surface area contributed by atoms with E-state index in [2.05, 4.69) is 20.5 Å². The van der Waals surface area contributed by atoms with Gasteiger partial charge in [-0.15, -0.1) is 0 Å². The van der Waals surface area contributed by atoms with E-state index in [0.717, 1.165) is 6.21 Å². The largest absolute Gasteiger partial charge is 0.382 e. The smallest absolute Gasteiger partial charge is 0.272 e. The average Bonchev–Trinajstić information content (AvgIpc) is 2.57. The lowest BCUT2D eigenvalue weighted by Crippen LogP contribution is -2.36. The summed E-state index contributed by atoms with van der Waals surface area (Å²) in [5, 5.41) is 11.6. The van der Waals surface area contributed by atoms with Crippen LogP contribution in [0.15, 0.2) is 46.6 Å². The Balaban J connectivity index is 2.31. The van der Waals surface area contributed by atoms with E-state index in [4.69, 9.17) is 40.1 Å². The highest BCUT2D eigenvalue weighted by Crippen LogP contribution is 2.29. The van der Waals surface area contributed by atoms with Crippen LogP contribution in [0.1, 0.15) is 5.69 Å². The van der Waals surface area contributed by atoms with Gasteiger partial charge in [-0.25, -0.2) is 4.99 Å². The molecule has 0 saturated heterocycles. The molecule has 0 atom stereocenters. The first-order valence-electron chi connectivity index (χ1n) is 6.81. The molecular weight excluding hydrogens is 365 g/mol. The Hall–Kier alpha value is -2.97. The molecule has 0 aliphatic heterocycles. The molecule has 1 amide bonds. The summed E-state index contributed by atoms with van der Waals surface area (Å²) in [7, 11) is 0. The second-order valence-electron chi connectivity index (χ2n) is 4.62. The maximum atomic E-state index is 11.6. The molecule has 0 radical (unpaired) electrons. The third-order valence-corrected chi connectivity index (χ3v) is 3.52. The van der Waals surface area contributed by atoms with E-state index in [1.807, 2.05) is 0 Å². The van der Waals surface area contributed by atoms with Gasteiger partial charge in [0, 0.05) is 6.21 Å². The first-order valence-corrected chi connectivity index (χ1v) is 7.56. The van der Waals surface area contributed by atoms with Crippen LogP contribution in [0.5, 0.6) is 0 Å². The number of nitrogens with two attached hydrogens (primary N) is 2. The molecule has 0 spiro atoms. The Bertz CT molecular complexity index is 842. The molecule has 0 fully saturated rings. The number of amidine groups is 1. The topological polar surface area (TPSA) is 143 Å². The fourth-order valence-electron chi connectivity index (χ4n) is 1.70. The fraction of sp³-hybridized carbons (Fsp3) is 0. The standard InChI is InChI=1S/C15H13Cl2N7O/c16-10-2-1-3-11(17)12(10)23-24-13(15(20)25)14(19)22-9-5-4-8(6-18)21-7-9/h1-7,18,23H,(H2,19,22)(H2,20,25). The summed E-state index contributed by atoms with van der Waals surface area (Å²) in [4.78, 5) is 19.6. The van der Waals surface area contributed by atoms with E-state index in [1.54, 1.807) is 30.3 Å². The molecule has 0 bridgehead atoms. The molecule has 2 rings (SSSR count). The third-order valence-electron chi connectivity index (χ3n) is 2.89. The Morgan fingerprint density at radius 3 is 2.40 bits per heavy atom. The first kappa shape index (κ1) is 18.4. The van der Waals surface area contributed by atoms with Gasteiger partial charge in [0.15, 0.2) is 11.5 Å². The summed E-state index contributed by atoms with van der Waals surface area (Å²) in [6.45, 7) is 0. The number of anilines is 1. The number of nitrogens with zero attached hydrogens (tertiary/aromatic N) is 3. The van der Waals surface area contributed by atoms with Gasteiger partial charge < -0.3 is 16.9 Å². The number of para-hydroxylation sites is 1. The van der Waals surface area contributed by atoms with E-state index in [-0.39, 0.29) is 11.5 Å². The zero-order valence-electron chi connectivity index (χ0n) is 12.7. The number of carbonyl (C=O) groups excluding carboxylic acids is 1. The fourth-order valence-corrected chi connectivity index (χ4v) is 2.18. The number of benzene rings is 1. The van der Waals surface area contributed by atoms with Crippen LogP contribution in [0, 0.1) is 5.41 Å². The zero-order valence-corrected chi connectivity index (χ0v) is 14.2. The molecule has 2 aromatic rings. The molecule has 0 unspecified atom stereocenters. The molecule has 10 heteroatoms. The Morgan fingerprint density at radius 1 is 1.20 bits per heavy atom. The Labute approximate surface area is 153 Å². The van der Waals surface area contributed by atoms with Gasteiger partial charge in [-0.2, -0.15) is 5.10 Å². The SMILES string of the molecule is N=Cc1ccc(N=C(N)C(=NNc2c(Cl)cccc2Cl)C(N)=O)cn1. The molecule has 8 nitrogen and oxygen atoms in total. The summed E-state index contributed by atoms with van der Waals surface area (Å²) < 4.78 is 0. The maximum Gasteiger partial charge on any atom is 0.272 e. The van der Waals surface area contributed by atoms with Crippen LogP contribution in [0.3, 0.4) is 0 Å². The van der Waals surface area contributed by atoms with Crippen molar-refractivity contribution >= 4 is 58.2 Å². The van der Waals surface area contributed by atoms with Gasteiger partial charge in [0.1, 0.15) is 0 Å². The number of pyridine rings is 1. The lowest BCUT2D eigenvalue weighted by Gasteiger charge is -2.07. The molecule has 1 heterocycles. The van der Waals surface area contributed by atoms with Crippen molar-refractivity contribution in [2.75, 3.05) is 5.43 Å². The molecule has 25 heavy (non-hydrogen) atoms. The van der Waals surface area contributed by atoms with Gasteiger partial charge in [0.2, 0.25) is 0 Å². The summed E-state index contributed by atoms with van der Waals surface area (Å²) in [5.41, 5.74) is 14.5. The Kier molecular flexibility index (Phi) is 6.04. The summed E-state index contributed by atoms with van der Waals surface area (Å²) >= 11 is 12.0. The van der Waals surface area contributed by atoms with E-state index in [1.165, 1.54) is 6.20 Å². The van der Waals surface area contributed by atoms with E-state index < -0.39 is 5.91 Å². The van der Waals surface area contributed by atoms with Crippen molar-refractivity contribution in [3.8, 4) is 0 Å². The van der Waals surface area contributed by atoms with E-state index >= 15 is 0 Å². The number of hydrogen-bond acceptors (Lipinski definition) is 6. The molecule has 1 aromatic carbocycles. The number of amides is 1. The van der Waals surface area contributed by atoms with Gasteiger partial charge in [-0.3, -0.25) is 15.2 Å². The number of carbonyl (C=O) groups is 1. The third kappa shape index (κ3) is 4.75. The minimum Gasteiger partial charge on any atom is -0.382 e. The van der Waals surface area contributed by atoms with Crippen LogP contribution in [-0.4, -0.2) is 28.7 Å². The van der Waals surface area contributed by atoms with Crippen LogP contribution in [0.25, 0.3) is 0 Å². The van der Waals surface area contributed by atoms with Crippen LogP contribution in [0.2, 0.25) is 10.0 Å². The van der Waals surface area contributed by atoms with E-state index in [0.29, 0.717) is 27.1 Å². The number of hydrazone groups is 1. The molecule has 1 aromatic heterocycles. The highest BCUT2D eigenvalue weighted by atomic mass is 35.5. The lowest BCUT2D eigenvalue weighted by molar-refractivity contribution is -0.111. The minimum atomic E-state index is -0.888. The Morgan fingerprint density at radius 2 is 1.88 bits per heavy atom. The normalized spacial score (nSPS) is 11.9. The van der Waals surface area contributed by atoms with E-state index in [9.17, 15) is 4.79 Å². The predicted molar refractivity (Wildman–Crippen MR) is 100 cm³/mol. The van der Waals surface area contributed by atoms with Crippen molar-refractivity contribution in [2.45, 2.75) is 0 Å². The molecule has 0 aliphatic carbocycles. The molecule has 6 N–H and O–H groups in total. The number of nitrogens with one attached hydrogen (secondary N) is 2. The summed E-state index contributed by atoms with van der Waals surface area (Å²) in [5.74, 6) is -1.10. The second-order valence-corrected chi connectivity index (χ2v) is 5.43.